The monoisotopic (exact) mass is 663 g/mol. The van der Waals surface area contributed by atoms with Gasteiger partial charge in [0.05, 0.1) is 55.2 Å². The molecular formula is C46H25N5O. The lowest BCUT2D eigenvalue weighted by atomic mass is 10.1. The topological polar surface area (TPSA) is 52.7 Å². The molecule has 6 nitrogen and oxygen atoms in total. The van der Waals surface area contributed by atoms with Gasteiger partial charge in [-0.3, -0.25) is 4.57 Å². The molecule has 0 aliphatic heterocycles. The molecule has 0 aliphatic carbocycles. The van der Waals surface area contributed by atoms with Crippen molar-refractivity contribution in [2.24, 2.45) is 0 Å². The number of hydrogen-bond donors (Lipinski definition) is 0. The normalized spacial score (nSPS) is 12.6. The lowest BCUT2D eigenvalue weighted by Crippen LogP contribution is -2.02. The first-order chi connectivity index (χ1) is 25.8. The lowest BCUT2D eigenvalue weighted by Gasteiger charge is -2.10. The Balaban J connectivity index is 1.32. The van der Waals surface area contributed by atoms with Crippen molar-refractivity contribution >= 4 is 98.5 Å². The van der Waals surface area contributed by atoms with Gasteiger partial charge in [0.2, 0.25) is 11.7 Å². The van der Waals surface area contributed by atoms with E-state index in [-0.39, 0.29) is 0 Å². The standard InChI is InChI=1S/C46H25N5O/c1-2-12-26(13-3-1)42-39-31-16-6-9-23-38(31)52-45(39)48-46(47-42)51-35-21-11-20-34-40(35)41-36(51)25-24-30-28-15-5-8-19-33(28)50(44(30)41)37-22-10-17-29-27-14-4-7-18-32(27)49(34)43(29)37/h1-25H. The van der Waals surface area contributed by atoms with Gasteiger partial charge in [0.25, 0.3) is 0 Å². The number of benzene rings is 7. The van der Waals surface area contributed by atoms with Gasteiger partial charge >= 0.3 is 0 Å². The summed E-state index contributed by atoms with van der Waals surface area (Å²) in [6.07, 6.45) is 0. The molecule has 0 unspecified atom stereocenters. The van der Waals surface area contributed by atoms with E-state index < -0.39 is 0 Å². The second-order valence-electron chi connectivity index (χ2n) is 13.8. The Morgan fingerprint density at radius 3 is 1.81 bits per heavy atom. The molecule has 0 spiro atoms. The van der Waals surface area contributed by atoms with Crippen LogP contribution in [-0.4, -0.2) is 23.3 Å². The molecule has 0 N–H and O–H groups in total. The molecule has 0 bridgehead atoms. The Hall–Kier alpha value is -7.18. The molecule has 240 valence electrons. The van der Waals surface area contributed by atoms with Crippen LogP contribution in [-0.2, 0) is 0 Å². The van der Waals surface area contributed by atoms with Gasteiger partial charge in [0, 0.05) is 43.3 Å². The van der Waals surface area contributed by atoms with E-state index in [1.54, 1.807) is 0 Å². The van der Waals surface area contributed by atoms with Crippen molar-refractivity contribution in [2.45, 2.75) is 0 Å². The van der Waals surface area contributed by atoms with Crippen LogP contribution in [0, 0.1) is 0 Å². The minimum atomic E-state index is 0.571. The Labute approximate surface area is 294 Å². The zero-order valence-electron chi connectivity index (χ0n) is 27.6. The summed E-state index contributed by atoms with van der Waals surface area (Å²) < 4.78 is 13.7. The number of hydrogen-bond acceptors (Lipinski definition) is 3. The van der Waals surface area contributed by atoms with Gasteiger partial charge in [-0.25, -0.2) is 4.98 Å². The van der Waals surface area contributed by atoms with Crippen LogP contribution in [0.25, 0.3) is 116 Å². The average molecular weight is 664 g/mol. The molecule has 6 heterocycles. The van der Waals surface area contributed by atoms with E-state index in [0.29, 0.717) is 11.7 Å². The van der Waals surface area contributed by atoms with Crippen LogP contribution in [0.5, 0.6) is 0 Å². The predicted molar refractivity (Wildman–Crippen MR) is 212 cm³/mol. The van der Waals surface area contributed by atoms with Crippen LogP contribution < -0.4 is 0 Å². The highest BCUT2D eigenvalue weighted by molar-refractivity contribution is 6.31. The molecule has 0 radical (unpaired) electrons. The molecule has 6 heteroatoms. The molecule has 0 saturated carbocycles. The van der Waals surface area contributed by atoms with Crippen LogP contribution in [0.2, 0.25) is 0 Å². The summed E-state index contributed by atoms with van der Waals surface area (Å²) in [6, 6.07) is 54.0. The third-order valence-corrected chi connectivity index (χ3v) is 11.2. The summed E-state index contributed by atoms with van der Waals surface area (Å²) in [5.74, 6) is 0.573. The Kier molecular flexibility index (Phi) is 4.78. The fourth-order valence-electron chi connectivity index (χ4n) is 9.18. The van der Waals surface area contributed by atoms with E-state index in [9.17, 15) is 0 Å². The summed E-state index contributed by atoms with van der Waals surface area (Å²) in [4.78, 5) is 10.7. The van der Waals surface area contributed by atoms with E-state index >= 15 is 0 Å². The summed E-state index contributed by atoms with van der Waals surface area (Å²) in [5, 5.41) is 9.18. The molecule has 7 aromatic carbocycles. The number of aromatic nitrogens is 5. The molecule has 52 heavy (non-hydrogen) atoms. The largest absolute Gasteiger partial charge is 0.437 e. The molecule has 13 rings (SSSR count). The molecule has 0 aliphatic rings. The van der Waals surface area contributed by atoms with Crippen molar-refractivity contribution in [1.29, 1.82) is 0 Å². The van der Waals surface area contributed by atoms with Crippen molar-refractivity contribution in [3.8, 4) is 17.2 Å². The number of fused-ring (bicyclic) bond motifs is 11. The SMILES string of the molecule is c1ccc(-c2nc(-n3c4cccc5c4c4c3ccc3c6ccccc6n(c6cccc7c8ccccc8n5c76)c34)nc3oc4ccccc4c23)cc1. The van der Waals surface area contributed by atoms with Crippen molar-refractivity contribution in [1.82, 2.24) is 23.3 Å². The van der Waals surface area contributed by atoms with Crippen LogP contribution >= 0.6 is 0 Å². The Morgan fingerprint density at radius 1 is 0.385 bits per heavy atom. The van der Waals surface area contributed by atoms with Gasteiger partial charge < -0.3 is 13.2 Å². The van der Waals surface area contributed by atoms with Gasteiger partial charge in [0.1, 0.15) is 5.58 Å². The molecular weight excluding hydrogens is 639 g/mol. The van der Waals surface area contributed by atoms with Gasteiger partial charge in [-0.1, -0.05) is 109 Å². The molecule has 0 saturated heterocycles. The van der Waals surface area contributed by atoms with Crippen LogP contribution in [0.3, 0.4) is 0 Å². The van der Waals surface area contributed by atoms with Crippen molar-refractivity contribution in [2.75, 3.05) is 0 Å². The third-order valence-electron chi connectivity index (χ3n) is 11.2. The van der Waals surface area contributed by atoms with E-state index in [1.807, 2.05) is 24.3 Å². The quantitative estimate of drug-likeness (QED) is 0.185. The van der Waals surface area contributed by atoms with Gasteiger partial charge in [0.15, 0.2) is 0 Å². The highest BCUT2D eigenvalue weighted by Crippen LogP contribution is 2.45. The third kappa shape index (κ3) is 3.12. The smallest absolute Gasteiger partial charge is 0.238 e. The number of para-hydroxylation sites is 4. The summed E-state index contributed by atoms with van der Waals surface area (Å²) in [5.41, 5.74) is 12.3. The van der Waals surface area contributed by atoms with Crippen LogP contribution in [0.15, 0.2) is 156 Å². The van der Waals surface area contributed by atoms with Crippen LogP contribution in [0.1, 0.15) is 0 Å². The maximum Gasteiger partial charge on any atom is 0.238 e. The first-order valence-electron chi connectivity index (χ1n) is 17.6. The zero-order chi connectivity index (χ0) is 33.7. The average Bonchev–Trinajstić information content (AvgIpc) is 3.93. The summed E-state index contributed by atoms with van der Waals surface area (Å²) in [7, 11) is 0. The zero-order valence-corrected chi connectivity index (χ0v) is 27.6. The fourth-order valence-corrected chi connectivity index (χ4v) is 9.18. The number of furan rings is 1. The van der Waals surface area contributed by atoms with E-state index in [4.69, 9.17) is 14.4 Å². The molecule has 0 fully saturated rings. The minimum absolute atomic E-state index is 0.571. The van der Waals surface area contributed by atoms with Crippen molar-refractivity contribution in [3.05, 3.63) is 152 Å². The number of rotatable bonds is 2. The molecule has 6 aromatic heterocycles. The number of nitrogens with zero attached hydrogens (tertiary/aromatic N) is 5. The molecule has 13 aromatic rings. The predicted octanol–water partition coefficient (Wildman–Crippen LogP) is 11.7. The Morgan fingerprint density at radius 2 is 0.981 bits per heavy atom. The van der Waals surface area contributed by atoms with Crippen LogP contribution in [0.4, 0.5) is 0 Å². The van der Waals surface area contributed by atoms with E-state index in [2.05, 4.69) is 141 Å². The lowest BCUT2D eigenvalue weighted by molar-refractivity contribution is 0.651. The first-order valence-corrected chi connectivity index (χ1v) is 17.6. The maximum absolute atomic E-state index is 6.51. The summed E-state index contributed by atoms with van der Waals surface area (Å²) >= 11 is 0. The second kappa shape index (κ2) is 9.33. The Bertz CT molecular complexity index is 3640. The maximum atomic E-state index is 6.51. The fraction of sp³-hybridized carbons (Fsp3) is 0. The van der Waals surface area contributed by atoms with E-state index in [0.717, 1.165) is 49.7 Å². The summed E-state index contributed by atoms with van der Waals surface area (Å²) in [6.45, 7) is 0. The van der Waals surface area contributed by atoms with Gasteiger partial charge in [-0.05, 0) is 42.5 Å². The van der Waals surface area contributed by atoms with Crippen molar-refractivity contribution < 1.29 is 4.42 Å². The minimum Gasteiger partial charge on any atom is -0.437 e. The molecule has 0 amide bonds. The highest BCUT2D eigenvalue weighted by atomic mass is 16.3. The van der Waals surface area contributed by atoms with Gasteiger partial charge in [-0.15, -0.1) is 0 Å². The second-order valence-corrected chi connectivity index (χ2v) is 13.8. The highest BCUT2D eigenvalue weighted by Gasteiger charge is 2.26. The molecule has 0 atom stereocenters. The van der Waals surface area contributed by atoms with E-state index in [1.165, 1.54) is 54.4 Å². The van der Waals surface area contributed by atoms with Crippen molar-refractivity contribution in [3.63, 3.8) is 0 Å². The van der Waals surface area contributed by atoms with Gasteiger partial charge in [-0.2, -0.15) is 4.98 Å². The first kappa shape index (κ1) is 26.7.